The Balaban J connectivity index is 1.36. The van der Waals surface area contributed by atoms with Crippen molar-refractivity contribution < 1.29 is 14.3 Å². The minimum absolute atomic E-state index is 0.126. The van der Waals surface area contributed by atoms with E-state index in [1.54, 1.807) is 13.4 Å². The van der Waals surface area contributed by atoms with Gasteiger partial charge in [0.15, 0.2) is 5.82 Å². The van der Waals surface area contributed by atoms with Crippen molar-refractivity contribution in [2.24, 2.45) is 0 Å². The molecule has 2 aliphatic heterocycles. The molecule has 166 valence electrons. The number of ether oxygens (including phenoxy) is 2. The molecule has 1 atom stereocenters. The molecular weight excluding hydrogens is 406 g/mol. The maximum Gasteiger partial charge on any atom is 0.158 e. The van der Waals surface area contributed by atoms with Crippen LogP contribution in [0.5, 0.6) is 5.75 Å². The Labute approximate surface area is 187 Å². The summed E-state index contributed by atoms with van der Waals surface area (Å²) in [4.78, 5) is 17.1. The largest absolute Gasteiger partial charge is 0.494 e. The molecule has 0 aliphatic carbocycles. The molecule has 0 spiro atoms. The van der Waals surface area contributed by atoms with Gasteiger partial charge in [-0.2, -0.15) is 0 Å². The van der Waals surface area contributed by atoms with Gasteiger partial charge in [0.2, 0.25) is 0 Å². The summed E-state index contributed by atoms with van der Waals surface area (Å²) in [5, 5.41) is 5.25. The van der Waals surface area contributed by atoms with E-state index in [2.05, 4.69) is 38.4 Å². The summed E-state index contributed by atoms with van der Waals surface area (Å²) in [6.45, 7) is 3.90. The zero-order valence-electron chi connectivity index (χ0n) is 18.1. The first-order valence-electron chi connectivity index (χ1n) is 10.9. The lowest BCUT2D eigenvalue weighted by molar-refractivity contribution is 0.122. The van der Waals surface area contributed by atoms with Crippen LogP contribution in [0.1, 0.15) is 18.0 Å². The predicted molar refractivity (Wildman–Crippen MR) is 124 cm³/mol. The van der Waals surface area contributed by atoms with E-state index in [-0.39, 0.29) is 6.04 Å². The number of hydrogen-bond acceptors (Lipinski definition) is 8. The Morgan fingerprint density at radius 2 is 1.84 bits per heavy atom. The zero-order chi connectivity index (χ0) is 21.8. The Kier molecular flexibility index (Phi) is 6.04. The lowest BCUT2D eigenvalue weighted by atomic mass is 10.0. The Hall–Kier alpha value is -3.36. The minimum atomic E-state index is 0.126. The van der Waals surface area contributed by atoms with Crippen LogP contribution in [0, 0.1) is 0 Å². The van der Waals surface area contributed by atoms with Crippen molar-refractivity contribution in [3.8, 4) is 5.75 Å². The molecule has 0 bridgehead atoms. The van der Waals surface area contributed by atoms with Gasteiger partial charge < -0.3 is 19.7 Å². The van der Waals surface area contributed by atoms with Crippen LogP contribution in [0.15, 0.2) is 60.9 Å². The number of aromatic nitrogens is 2. The monoisotopic (exact) mass is 433 g/mol. The Morgan fingerprint density at radius 3 is 2.66 bits per heavy atom. The van der Waals surface area contributed by atoms with Gasteiger partial charge in [-0.15, -0.1) is 0 Å². The molecule has 32 heavy (non-hydrogen) atoms. The molecular formula is C24H27N5O3. The molecule has 2 aromatic carbocycles. The second kappa shape index (κ2) is 9.42. The fraction of sp³-hybridized carbons (Fsp3) is 0.333. The van der Waals surface area contributed by atoms with E-state index in [4.69, 9.17) is 14.3 Å². The summed E-state index contributed by atoms with van der Waals surface area (Å²) in [5.74, 6) is 2.15. The predicted octanol–water partition coefficient (Wildman–Crippen LogP) is 3.95. The maximum absolute atomic E-state index is 5.91. The van der Waals surface area contributed by atoms with Crippen molar-refractivity contribution in [1.82, 2.24) is 9.97 Å². The van der Waals surface area contributed by atoms with Crippen molar-refractivity contribution in [3.63, 3.8) is 0 Å². The van der Waals surface area contributed by atoms with Crippen molar-refractivity contribution in [2.45, 2.75) is 12.5 Å². The number of hydrogen-bond donors (Lipinski definition) is 1. The number of benzene rings is 2. The molecule has 1 N–H and O–H groups in total. The third kappa shape index (κ3) is 4.32. The second-order valence-corrected chi connectivity index (χ2v) is 7.74. The van der Waals surface area contributed by atoms with Crippen molar-refractivity contribution in [3.05, 3.63) is 66.5 Å². The molecule has 1 aromatic heterocycles. The molecule has 8 nitrogen and oxygen atoms in total. The quantitative estimate of drug-likeness (QED) is 0.627. The van der Waals surface area contributed by atoms with Gasteiger partial charge in [-0.25, -0.2) is 15.0 Å². The van der Waals surface area contributed by atoms with Crippen LogP contribution < -0.4 is 20.0 Å². The highest BCUT2D eigenvalue weighted by molar-refractivity contribution is 5.70. The summed E-state index contributed by atoms with van der Waals surface area (Å²) in [7, 11) is 1.68. The average Bonchev–Trinajstić information content (AvgIpc) is 3.36. The number of hydroxylamine groups is 1. The first kappa shape index (κ1) is 20.5. The fourth-order valence-corrected chi connectivity index (χ4v) is 4.15. The molecule has 3 heterocycles. The van der Waals surface area contributed by atoms with E-state index in [1.807, 2.05) is 41.5 Å². The molecule has 0 saturated carbocycles. The normalized spacial score (nSPS) is 18.6. The lowest BCUT2D eigenvalue weighted by Gasteiger charge is -2.29. The molecule has 8 heteroatoms. The highest BCUT2D eigenvalue weighted by Gasteiger charge is 2.29. The molecule has 0 amide bonds. The van der Waals surface area contributed by atoms with E-state index in [0.717, 1.165) is 55.7 Å². The van der Waals surface area contributed by atoms with E-state index in [9.17, 15) is 0 Å². The SMILES string of the molecule is COc1cc(N2CCOCC2)ccc1Nc1cc(N2OCC[C@@H]2c2ccccc2)ncn1. The number of anilines is 4. The Bertz CT molecular complexity index is 1040. The average molecular weight is 434 g/mol. The van der Waals surface area contributed by atoms with Crippen molar-refractivity contribution in [2.75, 3.05) is 55.3 Å². The smallest absolute Gasteiger partial charge is 0.158 e. The molecule has 0 unspecified atom stereocenters. The topological polar surface area (TPSA) is 72.0 Å². The van der Waals surface area contributed by atoms with Crippen LogP contribution in [0.25, 0.3) is 0 Å². The number of morpholine rings is 1. The molecule has 2 fully saturated rings. The van der Waals surface area contributed by atoms with Crippen LogP contribution in [0.4, 0.5) is 23.0 Å². The van der Waals surface area contributed by atoms with Gasteiger partial charge in [-0.1, -0.05) is 30.3 Å². The molecule has 3 aromatic rings. The molecule has 2 aliphatic rings. The minimum Gasteiger partial charge on any atom is -0.494 e. The summed E-state index contributed by atoms with van der Waals surface area (Å²) >= 11 is 0. The van der Waals surface area contributed by atoms with Gasteiger partial charge in [-0.3, -0.25) is 4.84 Å². The van der Waals surface area contributed by atoms with Crippen molar-refractivity contribution >= 4 is 23.0 Å². The van der Waals surface area contributed by atoms with Gasteiger partial charge in [0.1, 0.15) is 17.9 Å². The van der Waals surface area contributed by atoms with Gasteiger partial charge in [0.25, 0.3) is 0 Å². The first-order valence-corrected chi connectivity index (χ1v) is 10.9. The summed E-state index contributed by atoms with van der Waals surface area (Å²) in [6.07, 6.45) is 2.46. The highest BCUT2D eigenvalue weighted by atomic mass is 16.7. The van der Waals surface area contributed by atoms with Crippen molar-refractivity contribution in [1.29, 1.82) is 0 Å². The molecule has 0 radical (unpaired) electrons. The summed E-state index contributed by atoms with van der Waals surface area (Å²) in [5.41, 5.74) is 3.17. The van der Waals surface area contributed by atoms with Gasteiger partial charge in [-0.05, 0) is 17.7 Å². The van der Waals surface area contributed by atoms with E-state index in [1.165, 1.54) is 5.56 Å². The number of nitrogens with one attached hydrogen (secondary N) is 1. The third-order valence-electron chi connectivity index (χ3n) is 5.79. The highest BCUT2D eigenvalue weighted by Crippen LogP contribution is 2.36. The lowest BCUT2D eigenvalue weighted by Crippen LogP contribution is -2.36. The van der Waals surface area contributed by atoms with E-state index >= 15 is 0 Å². The van der Waals surface area contributed by atoms with Gasteiger partial charge >= 0.3 is 0 Å². The number of methoxy groups -OCH3 is 1. The summed E-state index contributed by atoms with van der Waals surface area (Å²) in [6, 6.07) is 18.5. The number of rotatable bonds is 6. The Morgan fingerprint density at radius 1 is 1.00 bits per heavy atom. The van der Waals surface area contributed by atoms with E-state index < -0.39 is 0 Å². The fourth-order valence-electron chi connectivity index (χ4n) is 4.15. The third-order valence-corrected chi connectivity index (χ3v) is 5.79. The standard InChI is InChI=1S/C24H27N5O3/c1-30-22-15-19(28-10-13-31-14-11-28)7-8-20(22)27-23-16-24(26-17-25-23)29-21(9-12-32-29)18-5-3-2-4-6-18/h2-8,15-17,21H,9-14H2,1H3,(H,25,26,27)/t21-/m1/s1. The zero-order valence-corrected chi connectivity index (χ0v) is 18.1. The maximum atomic E-state index is 5.91. The van der Waals surface area contributed by atoms with Crippen LogP contribution in [-0.4, -0.2) is 50.0 Å². The van der Waals surface area contributed by atoms with Crippen LogP contribution in [0.3, 0.4) is 0 Å². The molecule has 5 rings (SSSR count). The van der Waals surface area contributed by atoms with Crippen LogP contribution >= 0.6 is 0 Å². The first-order chi connectivity index (χ1) is 15.8. The summed E-state index contributed by atoms with van der Waals surface area (Å²) < 4.78 is 11.1. The van der Waals surface area contributed by atoms with Gasteiger partial charge in [0, 0.05) is 37.3 Å². The number of nitrogens with zero attached hydrogens (tertiary/aromatic N) is 4. The van der Waals surface area contributed by atoms with Gasteiger partial charge in [0.05, 0.1) is 38.7 Å². The van der Waals surface area contributed by atoms with E-state index in [0.29, 0.717) is 12.4 Å². The second-order valence-electron chi connectivity index (χ2n) is 7.74. The molecule has 2 saturated heterocycles. The van der Waals surface area contributed by atoms with Crippen LogP contribution in [0.2, 0.25) is 0 Å². The van der Waals surface area contributed by atoms with Crippen LogP contribution in [-0.2, 0) is 9.57 Å².